The van der Waals surface area contributed by atoms with E-state index in [1.807, 2.05) is 6.92 Å². The van der Waals surface area contributed by atoms with Crippen molar-refractivity contribution in [2.75, 3.05) is 58.3 Å². The Hall–Kier alpha value is -1.42. The van der Waals surface area contributed by atoms with Crippen LogP contribution in [0.3, 0.4) is 0 Å². The van der Waals surface area contributed by atoms with E-state index in [2.05, 4.69) is 20.3 Å². The van der Waals surface area contributed by atoms with Crippen LogP contribution < -0.4 is 11.1 Å². The molecule has 0 bridgehead atoms. The molecule has 1 heterocycles. The number of aryl methyl sites for hydroxylation is 1. The van der Waals surface area contributed by atoms with Crippen LogP contribution in [0.5, 0.6) is 0 Å². The molecule has 0 fully saturated rings. The Balaban J connectivity index is 2.33. The minimum Gasteiger partial charge on any atom is -0.382 e. The molecule has 11 heteroatoms. The minimum atomic E-state index is -2.79. The van der Waals surface area contributed by atoms with Gasteiger partial charge in [0.15, 0.2) is 5.82 Å². The molecule has 10 nitrogen and oxygen atoms in total. The van der Waals surface area contributed by atoms with E-state index in [0.717, 1.165) is 5.69 Å². The van der Waals surface area contributed by atoms with E-state index >= 15 is 0 Å². The summed E-state index contributed by atoms with van der Waals surface area (Å²) in [6, 6.07) is 0. The van der Waals surface area contributed by atoms with Gasteiger partial charge in [0.25, 0.3) is 0 Å². The van der Waals surface area contributed by atoms with Crippen molar-refractivity contribution in [1.82, 2.24) is 9.97 Å². The maximum absolute atomic E-state index is 9.75. The summed E-state index contributed by atoms with van der Waals surface area (Å²) < 4.78 is 20.9. The smallest absolute Gasteiger partial charge is 0.382 e. The summed E-state index contributed by atoms with van der Waals surface area (Å²) in [6.45, 7) is 4.63. The summed E-state index contributed by atoms with van der Waals surface area (Å²) >= 11 is 0. The molecule has 2 atom stereocenters. The number of hydrogen-bond donors (Lipinski definition) is 3. The fraction of sp³-hybridized carbons (Fsp3) is 0.643. The highest BCUT2D eigenvalue weighted by Crippen LogP contribution is 2.51. The third-order valence-electron chi connectivity index (χ3n) is 3.13. The first-order chi connectivity index (χ1) is 11.9. The van der Waals surface area contributed by atoms with E-state index in [1.54, 1.807) is 7.11 Å². The third kappa shape index (κ3) is 8.48. The molecule has 1 rings (SSSR count). The Kier molecular flexibility index (Phi) is 9.73. The number of nitrogens with zero attached hydrogens (tertiary/aromatic N) is 3. The van der Waals surface area contributed by atoms with Crippen LogP contribution in [0.25, 0.3) is 0 Å². The molecule has 0 saturated heterocycles. The Labute approximate surface area is 148 Å². The summed E-state index contributed by atoms with van der Waals surface area (Å²) in [7, 11) is 0.170. The highest BCUT2D eigenvalue weighted by molar-refractivity contribution is 7.59. The molecule has 4 N–H and O–H groups in total. The lowest BCUT2D eigenvalue weighted by molar-refractivity contribution is -0.0263. The second-order valence-corrected chi connectivity index (χ2v) is 7.36. The minimum absolute atomic E-state index is 0.168. The molecular weight excluding hydrogens is 349 g/mol. The molecule has 0 spiro atoms. The molecule has 1 unspecified atom stereocenters. The number of nitrogens with one attached hydrogen (secondary N) is 1. The molecule has 1 aromatic rings. The Morgan fingerprint density at radius 3 is 2.80 bits per heavy atom. The van der Waals surface area contributed by atoms with Crippen LogP contribution in [0, 0.1) is 6.92 Å². The van der Waals surface area contributed by atoms with Crippen molar-refractivity contribution < 1.29 is 23.4 Å². The van der Waals surface area contributed by atoms with Gasteiger partial charge >= 0.3 is 7.94 Å². The van der Waals surface area contributed by atoms with E-state index in [1.165, 1.54) is 26.4 Å². The van der Waals surface area contributed by atoms with Crippen molar-refractivity contribution in [3.8, 4) is 0 Å². The van der Waals surface area contributed by atoms with Crippen molar-refractivity contribution in [2.24, 2.45) is 4.99 Å². The van der Waals surface area contributed by atoms with Crippen molar-refractivity contribution in [3.05, 3.63) is 12.0 Å². The van der Waals surface area contributed by atoms with Gasteiger partial charge in [0.05, 0.1) is 38.9 Å². The third-order valence-corrected chi connectivity index (χ3v) is 4.44. The molecule has 0 aromatic carbocycles. The number of anilines is 2. The van der Waals surface area contributed by atoms with Gasteiger partial charge in [0.2, 0.25) is 0 Å². The monoisotopic (exact) mass is 376 g/mol. The lowest BCUT2D eigenvalue weighted by Crippen LogP contribution is -2.26. The zero-order valence-electron chi connectivity index (χ0n) is 15.0. The van der Waals surface area contributed by atoms with Crippen molar-refractivity contribution in [1.29, 1.82) is 0 Å². The first kappa shape index (κ1) is 21.6. The average molecular weight is 376 g/mol. The summed E-state index contributed by atoms with van der Waals surface area (Å²) in [5, 5.41) is 2.96. The number of nitrogens with two attached hydrogens (primary N) is 1. The van der Waals surface area contributed by atoms with Crippen LogP contribution in [0.2, 0.25) is 0 Å². The van der Waals surface area contributed by atoms with Crippen molar-refractivity contribution in [3.63, 3.8) is 0 Å². The molecule has 25 heavy (non-hydrogen) atoms. The number of rotatable bonds is 12. The number of ether oxygens (including phenoxy) is 2. The quantitative estimate of drug-likeness (QED) is 0.210. The van der Waals surface area contributed by atoms with Crippen LogP contribution >= 0.6 is 7.94 Å². The van der Waals surface area contributed by atoms with E-state index in [0.29, 0.717) is 31.3 Å². The molecular formula is C14H27N5O5P+. The molecule has 0 radical (unpaired) electrons. The van der Waals surface area contributed by atoms with Gasteiger partial charge in [0.1, 0.15) is 31.4 Å². The summed E-state index contributed by atoms with van der Waals surface area (Å²) in [4.78, 5) is 21.9. The first-order valence-electron chi connectivity index (χ1n) is 7.61. The number of nitrogen functional groups attached to an aromatic ring is 1. The maximum atomic E-state index is 9.75. The van der Waals surface area contributed by atoms with Crippen LogP contribution in [0.4, 0.5) is 11.5 Å². The van der Waals surface area contributed by atoms with Crippen molar-refractivity contribution in [2.45, 2.75) is 13.0 Å². The molecule has 0 amide bonds. The Morgan fingerprint density at radius 1 is 1.40 bits per heavy atom. The van der Waals surface area contributed by atoms with Crippen LogP contribution in [0.15, 0.2) is 11.3 Å². The SMILES string of the molecule is COC[C@H](CO[P+](C)(O)OC)OCCN=CNc1c(C)ncnc1N. The summed E-state index contributed by atoms with van der Waals surface area (Å²) in [5.74, 6) is 0.362. The van der Waals surface area contributed by atoms with Gasteiger partial charge in [-0.15, -0.1) is 0 Å². The highest BCUT2D eigenvalue weighted by atomic mass is 31.2. The van der Waals surface area contributed by atoms with Gasteiger partial charge in [-0.3, -0.25) is 4.99 Å². The molecule has 0 aliphatic rings. The zero-order chi connectivity index (χ0) is 18.7. The second-order valence-electron chi connectivity index (χ2n) is 5.13. The lowest BCUT2D eigenvalue weighted by atomic mass is 10.3. The standard InChI is InChI=1S/C14H27N5O5P/c1-11-13(14(15)19-10-17-11)18-9-16-5-6-23-12(7-21-2)8-24-25(4,20)22-3/h9-10,12,20H,5-8H2,1-4H3,(H,16,18)(H2,15,17,19)/q+1/t12-,25?/m1/s1. The number of methoxy groups -OCH3 is 1. The number of aliphatic imine (C=N–C) groups is 1. The highest BCUT2D eigenvalue weighted by Gasteiger charge is 2.32. The van der Waals surface area contributed by atoms with Gasteiger partial charge in [-0.25, -0.2) is 9.97 Å². The van der Waals surface area contributed by atoms with Gasteiger partial charge in [0, 0.05) is 7.11 Å². The van der Waals surface area contributed by atoms with E-state index in [-0.39, 0.29) is 12.7 Å². The molecule has 1 aromatic heterocycles. The molecule has 142 valence electrons. The molecule has 0 aliphatic carbocycles. The summed E-state index contributed by atoms with van der Waals surface area (Å²) in [6.07, 6.45) is 2.60. The average Bonchev–Trinajstić information content (AvgIpc) is 2.58. The van der Waals surface area contributed by atoms with E-state index in [9.17, 15) is 4.89 Å². The van der Waals surface area contributed by atoms with E-state index < -0.39 is 7.94 Å². The molecule has 0 aliphatic heterocycles. The fourth-order valence-electron chi connectivity index (χ4n) is 1.72. The predicted octanol–water partition coefficient (Wildman–Crippen LogP) is 0.887. The summed E-state index contributed by atoms with van der Waals surface area (Å²) in [5.41, 5.74) is 7.12. The fourth-order valence-corrected chi connectivity index (χ4v) is 2.27. The van der Waals surface area contributed by atoms with Crippen LogP contribution in [-0.4, -0.2) is 74.6 Å². The van der Waals surface area contributed by atoms with Gasteiger partial charge in [-0.2, -0.15) is 13.9 Å². The zero-order valence-corrected chi connectivity index (χ0v) is 15.9. The van der Waals surface area contributed by atoms with E-state index in [4.69, 9.17) is 24.3 Å². The number of hydrogen-bond acceptors (Lipinski definition) is 9. The van der Waals surface area contributed by atoms with Crippen molar-refractivity contribution >= 4 is 25.8 Å². The van der Waals surface area contributed by atoms with Gasteiger partial charge in [-0.05, 0) is 6.92 Å². The first-order valence-corrected chi connectivity index (χ1v) is 9.64. The Bertz CT molecular complexity index is 526. The predicted molar refractivity (Wildman–Crippen MR) is 97.8 cm³/mol. The van der Waals surface area contributed by atoms with Gasteiger partial charge in [-0.1, -0.05) is 0 Å². The number of aromatic nitrogens is 2. The second kappa shape index (κ2) is 11.2. The van der Waals surface area contributed by atoms with Gasteiger partial charge < -0.3 is 20.5 Å². The largest absolute Gasteiger partial charge is 0.405 e. The van der Waals surface area contributed by atoms with Crippen LogP contribution in [-0.2, 0) is 18.5 Å². The maximum Gasteiger partial charge on any atom is 0.405 e. The topological polar surface area (TPSA) is 133 Å². The molecule has 0 saturated carbocycles. The Morgan fingerprint density at radius 2 is 2.16 bits per heavy atom. The van der Waals surface area contributed by atoms with Crippen LogP contribution in [0.1, 0.15) is 5.69 Å². The normalized spacial score (nSPS) is 15.2. The lowest BCUT2D eigenvalue weighted by Gasteiger charge is -2.17.